The summed E-state index contributed by atoms with van der Waals surface area (Å²) < 4.78 is 23.2. The summed E-state index contributed by atoms with van der Waals surface area (Å²) in [7, 11) is -3.92. The first-order valence-electron chi connectivity index (χ1n) is 6.59. The molecule has 1 aromatic carbocycles. The van der Waals surface area contributed by atoms with Crippen molar-refractivity contribution < 1.29 is 13.2 Å². The lowest BCUT2D eigenvalue weighted by molar-refractivity contribution is 0.0947. The second-order valence-electron chi connectivity index (χ2n) is 5.17. The van der Waals surface area contributed by atoms with E-state index in [1.54, 1.807) is 0 Å². The second kappa shape index (κ2) is 6.64. The van der Waals surface area contributed by atoms with Crippen LogP contribution in [0.25, 0.3) is 0 Å². The molecule has 1 aromatic rings. The van der Waals surface area contributed by atoms with Crippen molar-refractivity contribution >= 4 is 43.5 Å². The van der Waals surface area contributed by atoms with Crippen molar-refractivity contribution in [2.45, 2.75) is 30.6 Å². The highest BCUT2D eigenvalue weighted by Gasteiger charge is 2.21. The molecule has 0 aliphatic heterocycles. The van der Waals surface area contributed by atoms with Crippen molar-refractivity contribution in [3.8, 4) is 0 Å². The predicted molar refractivity (Wildman–Crippen MR) is 84.8 cm³/mol. The summed E-state index contributed by atoms with van der Waals surface area (Å²) in [4.78, 5) is 12.0. The molecule has 1 aliphatic carbocycles. The summed E-state index contributed by atoms with van der Waals surface area (Å²) in [5.74, 6) is 0.102. The van der Waals surface area contributed by atoms with Crippen molar-refractivity contribution in [1.29, 1.82) is 0 Å². The molecule has 1 fully saturated rings. The average molecular weight is 396 g/mol. The van der Waals surface area contributed by atoms with Gasteiger partial charge in [0, 0.05) is 11.0 Å². The van der Waals surface area contributed by atoms with Crippen LogP contribution in [0.5, 0.6) is 0 Å². The number of halogens is 2. The maximum Gasteiger partial charge on any atom is 0.252 e. The highest BCUT2D eigenvalue weighted by Crippen LogP contribution is 2.29. The molecule has 0 aromatic heterocycles. The largest absolute Gasteiger partial charge is 0.352 e. The molecule has 1 aliphatic rings. The summed E-state index contributed by atoms with van der Waals surface area (Å²) >= 11 is 9.10. The molecule has 3 N–H and O–H groups in total. The van der Waals surface area contributed by atoms with E-state index in [0.717, 1.165) is 12.8 Å². The average Bonchev–Trinajstić information content (AvgIpc) is 2.87. The number of nitrogens with one attached hydrogen (secondary N) is 1. The molecular weight excluding hydrogens is 380 g/mol. The number of primary sulfonamides is 1. The van der Waals surface area contributed by atoms with Gasteiger partial charge in [0.2, 0.25) is 10.0 Å². The molecule has 5 nitrogen and oxygen atoms in total. The Bertz CT molecular complexity index is 658. The number of carbonyl (C=O) groups is 1. The fourth-order valence-corrected chi connectivity index (χ4v) is 4.48. The molecule has 0 bridgehead atoms. The Balaban J connectivity index is 2.20. The van der Waals surface area contributed by atoms with Gasteiger partial charge in [-0.25, -0.2) is 13.6 Å². The van der Waals surface area contributed by atoms with E-state index in [1.165, 1.54) is 25.0 Å². The lowest BCUT2D eigenvalue weighted by Crippen LogP contribution is -2.29. The molecule has 2 rings (SSSR count). The quantitative estimate of drug-likeness (QED) is 0.821. The first-order chi connectivity index (χ1) is 9.79. The molecule has 1 saturated carbocycles. The lowest BCUT2D eigenvalue weighted by atomic mass is 10.1. The smallest absolute Gasteiger partial charge is 0.252 e. The topological polar surface area (TPSA) is 89.3 Å². The summed E-state index contributed by atoms with van der Waals surface area (Å²) in [5.41, 5.74) is 0.113. The minimum atomic E-state index is -3.92. The Kier molecular flexibility index (Phi) is 5.29. The van der Waals surface area contributed by atoms with Crippen LogP contribution in [-0.2, 0) is 10.0 Å². The predicted octanol–water partition coefficient (Wildman–Crippen LogP) is 2.67. The van der Waals surface area contributed by atoms with Gasteiger partial charge in [-0.2, -0.15) is 0 Å². The molecule has 0 unspecified atom stereocenters. The minimum absolute atomic E-state index is 0.113. The summed E-state index contributed by atoms with van der Waals surface area (Å²) in [6.07, 6.45) is 4.60. The Labute approximate surface area is 137 Å². The van der Waals surface area contributed by atoms with Gasteiger partial charge in [0.15, 0.2) is 0 Å². The van der Waals surface area contributed by atoms with Gasteiger partial charge in [0.25, 0.3) is 5.91 Å². The van der Waals surface area contributed by atoms with Crippen molar-refractivity contribution in [1.82, 2.24) is 5.32 Å². The van der Waals surface area contributed by atoms with E-state index < -0.39 is 10.0 Å². The van der Waals surface area contributed by atoms with Gasteiger partial charge in [-0.3, -0.25) is 4.79 Å². The van der Waals surface area contributed by atoms with Crippen LogP contribution in [0.4, 0.5) is 0 Å². The number of hydrogen-bond acceptors (Lipinski definition) is 3. The van der Waals surface area contributed by atoms with Crippen molar-refractivity contribution in [2.24, 2.45) is 11.1 Å². The third-order valence-electron chi connectivity index (χ3n) is 3.60. The summed E-state index contributed by atoms with van der Waals surface area (Å²) in [6, 6.07) is 2.57. The molecule has 21 heavy (non-hydrogen) atoms. The van der Waals surface area contributed by atoms with Crippen LogP contribution >= 0.6 is 27.5 Å². The fraction of sp³-hybridized carbons (Fsp3) is 0.462. The van der Waals surface area contributed by atoms with Crippen LogP contribution in [0.3, 0.4) is 0 Å². The molecule has 0 spiro atoms. The number of nitrogens with two attached hydrogens (primary N) is 1. The van der Waals surface area contributed by atoms with Crippen LogP contribution in [0.15, 0.2) is 21.5 Å². The Morgan fingerprint density at radius 1 is 1.38 bits per heavy atom. The third kappa shape index (κ3) is 4.18. The lowest BCUT2D eigenvalue weighted by Gasteiger charge is -2.12. The zero-order valence-corrected chi connectivity index (χ0v) is 14.4. The van der Waals surface area contributed by atoms with Gasteiger partial charge in [-0.15, -0.1) is 0 Å². The van der Waals surface area contributed by atoms with E-state index in [-0.39, 0.29) is 25.9 Å². The van der Waals surface area contributed by atoms with Crippen molar-refractivity contribution in [3.05, 3.63) is 27.2 Å². The summed E-state index contributed by atoms with van der Waals surface area (Å²) in [5, 5.41) is 8.10. The van der Waals surface area contributed by atoms with E-state index in [1.807, 2.05) is 0 Å². The SMILES string of the molecule is NS(=O)(=O)c1cc(C(=O)NCC2CCCC2)c(Cl)cc1Br. The van der Waals surface area contributed by atoms with E-state index in [0.29, 0.717) is 12.5 Å². The van der Waals surface area contributed by atoms with Gasteiger partial charge < -0.3 is 5.32 Å². The molecule has 1 amide bonds. The van der Waals surface area contributed by atoms with Crippen LogP contribution in [0, 0.1) is 5.92 Å². The number of rotatable bonds is 4. The number of sulfonamides is 1. The van der Waals surface area contributed by atoms with E-state index in [9.17, 15) is 13.2 Å². The standard InChI is InChI=1S/C13H16BrClN2O3S/c14-10-6-11(15)9(5-12(10)21(16,19)20)13(18)17-7-8-3-1-2-4-8/h5-6,8H,1-4,7H2,(H,17,18)(H2,16,19,20). The van der Waals surface area contributed by atoms with Crippen LogP contribution in [0.1, 0.15) is 36.0 Å². The Hall–Kier alpha value is -0.630. The Morgan fingerprint density at radius 3 is 2.57 bits per heavy atom. The number of amides is 1. The van der Waals surface area contributed by atoms with Gasteiger partial charge >= 0.3 is 0 Å². The molecule has 8 heteroatoms. The van der Waals surface area contributed by atoms with Crippen LogP contribution in [-0.4, -0.2) is 20.9 Å². The highest BCUT2D eigenvalue weighted by atomic mass is 79.9. The molecule has 116 valence electrons. The normalized spacial score (nSPS) is 16.1. The highest BCUT2D eigenvalue weighted by molar-refractivity contribution is 9.10. The summed E-state index contributed by atoms with van der Waals surface area (Å²) in [6.45, 7) is 0.579. The fourth-order valence-electron chi connectivity index (χ4n) is 2.47. The molecule has 0 atom stereocenters. The van der Waals surface area contributed by atoms with Crippen molar-refractivity contribution in [2.75, 3.05) is 6.54 Å². The van der Waals surface area contributed by atoms with Gasteiger partial charge in [-0.1, -0.05) is 24.4 Å². The maximum absolute atomic E-state index is 12.2. The van der Waals surface area contributed by atoms with Gasteiger partial charge in [-0.05, 0) is 46.8 Å². The van der Waals surface area contributed by atoms with E-state index >= 15 is 0 Å². The molecular formula is C13H16BrClN2O3S. The molecule has 0 saturated heterocycles. The number of benzene rings is 1. The third-order valence-corrected chi connectivity index (χ3v) is 5.78. The molecule has 0 heterocycles. The first kappa shape index (κ1) is 16.7. The monoisotopic (exact) mass is 394 g/mol. The number of carbonyl (C=O) groups excluding carboxylic acids is 1. The maximum atomic E-state index is 12.2. The van der Waals surface area contributed by atoms with Crippen LogP contribution in [0.2, 0.25) is 5.02 Å². The Morgan fingerprint density at radius 2 is 2.00 bits per heavy atom. The minimum Gasteiger partial charge on any atom is -0.352 e. The zero-order valence-electron chi connectivity index (χ0n) is 11.2. The van der Waals surface area contributed by atoms with E-state index in [4.69, 9.17) is 16.7 Å². The molecule has 0 radical (unpaired) electrons. The van der Waals surface area contributed by atoms with Gasteiger partial charge in [0.1, 0.15) is 0 Å². The van der Waals surface area contributed by atoms with Crippen LogP contribution < -0.4 is 10.5 Å². The van der Waals surface area contributed by atoms with Gasteiger partial charge in [0.05, 0.1) is 15.5 Å². The van der Waals surface area contributed by atoms with Crippen molar-refractivity contribution in [3.63, 3.8) is 0 Å². The van der Waals surface area contributed by atoms with E-state index in [2.05, 4.69) is 21.2 Å². The first-order valence-corrected chi connectivity index (χ1v) is 9.31. The second-order valence-corrected chi connectivity index (χ2v) is 7.96. The zero-order chi connectivity index (χ0) is 15.6. The number of hydrogen-bond donors (Lipinski definition) is 2.